The van der Waals surface area contributed by atoms with Gasteiger partial charge in [0.2, 0.25) is 5.91 Å². The standard InChI is InChI=1S/C18H16ClNO2S/c19-15-4-5-17-14(11-15)10-13(12-22-17)3-6-18(21)20-8-7-16-2-1-9-23-16/h1-6,9-11H,7-8,12H2,(H,20,21)/b6-3+. The van der Waals surface area contributed by atoms with E-state index in [0.717, 1.165) is 23.3 Å². The minimum Gasteiger partial charge on any atom is -0.488 e. The molecule has 0 saturated carbocycles. The summed E-state index contributed by atoms with van der Waals surface area (Å²) in [5.74, 6) is 0.714. The van der Waals surface area contributed by atoms with Gasteiger partial charge in [-0.3, -0.25) is 4.79 Å². The van der Waals surface area contributed by atoms with E-state index in [-0.39, 0.29) is 5.91 Å². The number of ether oxygens (including phenoxy) is 1. The van der Waals surface area contributed by atoms with Crippen molar-refractivity contribution in [2.45, 2.75) is 6.42 Å². The van der Waals surface area contributed by atoms with Crippen molar-refractivity contribution < 1.29 is 9.53 Å². The monoisotopic (exact) mass is 345 g/mol. The number of carbonyl (C=O) groups is 1. The van der Waals surface area contributed by atoms with Crippen LogP contribution in [0, 0.1) is 0 Å². The van der Waals surface area contributed by atoms with E-state index in [9.17, 15) is 4.79 Å². The molecule has 2 heterocycles. The number of carbonyl (C=O) groups excluding carboxylic acids is 1. The topological polar surface area (TPSA) is 38.3 Å². The van der Waals surface area contributed by atoms with Crippen LogP contribution in [0.15, 0.2) is 53.4 Å². The Morgan fingerprint density at radius 1 is 1.39 bits per heavy atom. The van der Waals surface area contributed by atoms with Crippen LogP contribution in [0.1, 0.15) is 10.4 Å². The predicted molar refractivity (Wildman–Crippen MR) is 95.1 cm³/mol. The Labute approximate surface area is 144 Å². The molecule has 118 valence electrons. The van der Waals surface area contributed by atoms with Crippen LogP contribution in [-0.2, 0) is 11.2 Å². The summed E-state index contributed by atoms with van der Waals surface area (Å²) in [6.07, 6.45) is 6.17. The zero-order valence-corrected chi connectivity index (χ0v) is 14.0. The van der Waals surface area contributed by atoms with Crippen LogP contribution < -0.4 is 10.1 Å². The highest BCUT2D eigenvalue weighted by Crippen LogP contribution is 2.29. The van der Waals surface area contributed by atoms with Gasteiger partial charge in [-0.1, -0.05) is 23.7 Å². The third-order valence-corrected chi connectivity index (χ3v) is 4.58. The molecular formula is C18H16ClNO2S. The van der Waals surface area contributed by atoms with Gasteiger partial charge in [0.05, 0.1) is 0 Å². The number of hydrogen-bond acceptors (Lipinski definition) is 3. The largest absolute Gasteiger partial charge is 0.488 e. The zero-order chi connectivity index (χ0) is 16.1. The van der Waals surface area contributed by atoms with Crippen LogP contribution in [0.25, 0.3) is 6.08 Å². The van der Waals surface area contributed by atoms with Crippen LogP contribution in [0.3, 0.4) is 0 Å². The third kappa shape index (κ3) is 4.47. The smallest absolute Gasteiger partial charge is 0.244 e. The molecular weight excluding hydrogens is 330 g/mol. The molecule has 1 N–H and O–H groups in total. The number of hydrogen-bond donors (Lipinski definition) is 1. The molecule has 1 amide bonds. The van der Waals surface area contributed by atoms with E-state index in [2.05, 4.69) is 11.4 Å². The molecule has 0 saturated heterocycles. The first kappa shape index (κ1) is 15.8. The summed E-state index contributed by atoms with van der Waals surface area (Å²) >= 11 is 7.68. The highest BCUT2D eigenvalue weighted by molar-refractivity contribution is 7.09. The van der Waals surface area contributed by atoms with Gasteiger partial charge in [0.25, 0.3) is 0 Å². The van der Waals surface area contributed by atoms with Crippen molar-refractivity contribution in [2.24, 2.45) is 0 Å². The number of nitrogens with one attached hydrogen (secondary N) is 1. The second-order valence-electron chi connectivity index (χ2n) is 5.14. The van der Waals surface area contributed by atoms with Crippen molar-refractivity contribution in [1.29, 1.82) is 0 Å². The molecule has 0 bridgehead atoms. The lowest BCUT2D eigenvalue weighted by molar-refractivity contribution is -0.116. The summed E-state index contributed by atoms with van der Waals surface area (Å²) in [6, 6.07) is 9.59. The summed E-state index contributed by atoms with van der Waals surface area (Å²) < 4.78 is 5.64. The molecule has 2 aromatic rings. The van der Waals surface area contributed by atoms with Crippen molar-refractivity contribution in [3.05, 3.63) is 68.9 Å². The lowest BCUT2D eigenvalue weighted by Gasteiger charge is -2.16. The first-order valence-electron chi connectivity index (χ1n) is 7.32. The van der Waals surface area contributed by atoms with Crippen molar-refractivity contribution in [3.63, 3.8) is 0 Å². The summed E-state index contributed by atoms with van der Waals surface area (Å²) in [5, 5.41) is 5.59. The van der Waals surface area contributed by atoms with Gasteiger partial charge in [-0.25, -0.2) is 0 Å². The second-order valence-corrected chi connectivity index (χ2v) is 6.61. The summed E-state index contributed by atoms with van der Waals surface area (Å²) in [7, 11) is 0. The van der Waals surface area contributed by atoms with E-state index in [0.29, 0.717) is 18.2 Å². The molecule has 0 radical (unpaired) electrons. The van der Waals surface area contributed by atoms with Crippen LogP contribution in [0.5, 0.6) is 5.75 Å². The number of amides is 1. The number of halogens is 1. The Hall–Kier alpha value is -2.04. The number of rotatable bonds is 5. The SMILES string of the molecule is O=C(/C=C/C1=Cc2cc(Cl)ccc2OC1)NCCc1cccs1. The quantitative estimate of drug-likeness (QED) is 0.829. The van der Waals surface area contributed by atoms with Crippen LogP contribution >= 0.6 is 22.9 Å². The van der Waals surface area contributed by atoms with Gasteiger partial charge in [-0.15, -0.1) is 11.3 Å². The Balaban J connectivity index is 1.54. The van der Waals surface area contributed by atoms with Crippen molar-refractivity contribution in [2.75, 3.05) is 13.2 Å². The maximum atomic E-state index is 11.8. The Kier molecular flexibility index (Phi) is 5.16. The molecule has 0 aliphatic carbocycles. The Morgan fingerprint density at radius 3 is 3.13 bits per heavy atom. The minimum absolute atomic E-state index is 0.0978. The van der Waals surface area contributed by atoms with Crippen molar-refractivity contribution >= 4 is 34.9 Å². The highest BCUT2D eigenvalue weighted by Gasteiger charge is 2.10. The molecule has 5 heteroatoms. The molecule has 1 aliphatic rings. The zero-order valence-electron chi connectivity index (χ0n) is 12.4. The van der Waals surface area contributed by atoms with E-state index in [4.69, 9.17) is 16.3 Å². The molecule has 1 aromatic carbocycles. The molecule has 0 atom stereocenters. The average molecular weight is 346 g/mol. The molecule has 1 aliphatic heterocycles. The maximum Gasteiger partial charge on any atom is 0.244 e. The first-order valence-corrected chi connectivity index (χ1v) is 8.58. The fourth-order valence-corrected chi connectivity index (χ4v) is 3.16. The van der Waals surface area contributed by atoms with Gasteiger partial charge in [0.15, 0.2) is 0 Å². The molecule has 0 spiro atoms. The van der Waals surface area contributed by atoms with Gasteiger partial charge < -0.3 is 10.1 Å². The Morgan fingerprint density at radius 2 is 2.30 bits per heavy atom. The lowest BCUT2D eigenvalue weighted by Crippen LogP contribution is -2.23. The fourth-order valence-electron chi connectivity index (χ4n) is 2.27. The molecule has 0 unspecified atom stereocenters. The van der Waals surface area contributed by atoms with E-state index >= 15 is 0 Å². The number of thiophene rings is 1. The van der Waals surface area contributed by atoms with Crippen molar-refractivity contribution in [3.8, 4) is 5.75 Å². The number of fused-ring (bicyclic) bond motifs is 1. The summed E-state index contributed by atoms with van der Waals surface area (Å²) in [5.41, 5.74) is 1.87. The predicted octanol–water partition coefficient (Wildman–Crippen LogP) is 4.09. The minimum atomic E-state index is -0.0978. The normalized spacial score (nSPS) is 13.3. The van der Waals surface area contributed by atoms with Crippen LogP contribution in [-0.4, -0.2) is 19.1 Å². The van der Waals surface area contributed by atoms with Gasteiger partial charge in [-0.2, -0.15) is 0 Å². The Bertz CT molecular complexity index is 750. The average Bonchev–Trinajstić information content (AvgIpc) is 3.06. The van der Waals surface area contributed by atoms with Gasteiger partial charge in [-0.05, 0) is 47.7 Å². The van der Waals surface area contributed by atoms with Gasteiger partial charge in [0.1, 0.15) is 12.4 Å². The van der Waals surface area contributed by atoms with E-state index < -0.39 is 0 Å². The van der Waals surface area contributed by atoms with E-state index in [1.165, 1.54) is 4.88 Å². The van der Waals surface area contributed by atoms with E-state index in [1.807, 2.05) is 29.7 Å². The lowest BCUT2D eigenvalue weighted by atomic mass is 10.1. The molecule has 3 rings (SSSR count). The molecule has 0 fully saturated rings. The van der Waals surface area contributed by atoms with Gasteiger partial charge in [0, 0.05) is 28.1 Å². The third-order valence-electron chi connectivity index (χ3n) is 3.41. The van der Waals surface area contributed by atoms with E-state index in [1.54, 1.807) is 29.6 Å². The second kappa shape index (κ2) is 7.49. The first-order chi connectivity index (χ1) is 11.2. The maximum absolute atomic E-state index is 11.8. The summed E-state index contributed by atoms with van der Waals surface area (Å²) in [4.78, 5) is 13.1. The molecule has 23 heavy (non-hydrogen) atoms. The van der Waals surface area contributed by atoms with Gasteiger partial charge >= 0.3 is 0 Å². The van der Waals surface area contributed by atoms with Crippen LogP contribution in [0.2, 0.25) is 5.02 Å². The molecule has 1 aromatic heterocycles. The fraction of sp³-hybridized carbons (Fsp3) is 0.167. The number of benzene rings is 1. The van der Waals surface area contributed by atoms with Crippen LogP contribution in [0.4, 0.5) is 0 Å². The summed E-state index contributed by atoms with van der Waals surface area (Å²) in [6.45, 7) is 1.09. The molecule has 3 nitrogen and oxygen atoms in total. The van der Waals surface area contributed by atoms with Crippen molar-refractivity contribution in [1.82, 2.24) is 5.32 Å². The highest BCUT2D eigenvalue weighted by atomic mass is 35.5.